The molecule has 0 aliphatic heterocycles. The van der Waals surface area contributed by atoms with E-state index in [1.165, 1.54) is 11.8 Å². The van der Waals surface area contributed by atoms with Crippen LogP contribution in [0.4, 0.5) is 5.69 Å². The SMILES string of the molecule is Cc1noc(C)c1CSc1ncccc1C(=O)OC(C)C(=O)Nc1ccc2ccccc2c1. The number of hydrogen-bond acceptors (Lipinski definition) is 7. The summed E-state index contributed by atoms with van der Waals surface area (Å²) in [6, 6.07) is 16.8. The van der Waals surface area contributed by atoms with Gasteiger partial charge in [0.15, 0.2) is 6.10 Å². The van der Waals surface area contributed by atoms with E-state index in [4.69, 9.17) is 9.26 Å². The standard InChI is InChI=1S/C25H23N3O4S/c1-15-22(16(2)32-28-15)14-33-24-21(9-6-12-26-24)25(30)31-17(3)23(29)27-20-11-10-18-7-4-5-8-19(18)13-20/h4-13,17H,14H2,1-3H3,(H,27,29). The maximum absolute atomic E-state index is 12.8. The molecule has 2 aromatic carbocycles. The van der Waals surface area contributed by atoms with Gasteiger partial charge in [0.05, 0.1) is 11.3 Å². The Kier molecular flexibility index (Phi) is 6.74. The fraction of sp³-hybridized carbons (Fsp3) is 0.200. The van der Waals surface area contributed by atoms with E-state index in [-0.39, 0.29) is 0 Å². The number of carbonyl (C=O) groups excluding carboxylic acids is 2. The monoisotopic (exact) mass is 461 g/mol. The van der Waals surface area contributed by atoms with E-state index in [1.807, 2.05) is 56.3 Å². The predicted molar refractivity (Wildman–Crippen MR) is 127 cm³/mol. The maximum Gasteiger partial charge on any atom is 0.341 e. The molecule has 0 spiro atoms. The Morgan fingerprint density at radius 1 is 1.09 bits per heavy atom. The molecule has 4 rings (SSSR count). The van der Waals surface area contributed by atoms with Crippen molar-refractivity contribution >= 4 is 40.1 Å². The fourth-order valence-corrected chi connectivity index (χ4v) is 4.43. The maximum atomic E-state index is 12.8. The number of aromatic nitrogens is 2. The van der Waals surface area contributed by atoms with Gasteiger partial charge in [-0.05, 0) is 55.8 Å². The van der Waals surface area contributed by atoms with Gasteiger partial charge in [0, 0.05) is 23.2 Å². The van der Waals surface area contributed by atoms with E-state index in [0.717, 1.165) is 27.8 Å². The van der Waals surface area contributed by atoms with Gasteiger partial charge < -0.3 is 14.6 Å². The number of benzene rings is 2. The molecule has 1 amide bonds. The number of fused-ring (bicyclic) bond motifs is 1. The molecule has 0 aliphatic carbocycles. The largest absolute Gasteiger partial charge is 0.449 e. The third-order valence-electron chi connectivity index (χ3n) is 5.20. The Hall–Kier alpha value is -3.65. The van der Waals surface area contributed by atoms with Gasteiger partial charge in [-0.1, -0.05) is 35.5 Å². The van der Waals surface area contributed by atoms with E-state index >= 15 is 0 Å². The van der Waals surface area contributed by atoms with Crippen LogP contribution in [0.1, 0.15) is 34.3 Å². The number of thioether (sulfide) groups is 1. The molecular formula is C25H23N3O4S. The van der Waals surface area contributed by atoms with Crippen molar-refractivity contribution in [1.82, 2.24) is 10.1 Å². The van der Waals surface area contributed by atoms with Gasteiger partial charge in [0.25, 0.3) is 5.91 Å². The van der Waals surface area contributed by atoms with Gasteiger partial charge in [-0.2, -0.15) is 0 Å². The summed E-state index contributed by atoms with van der Waals surface area (Å²) in [5.74, 6) is 0.272. The van der Waals surface area contributed by atoms with Crippen LogP contribution in [0.25, 0.3) is 10.8 Å². The molecule has 0 saturated heterocycles. The van der Waals surface area contributed by atoms with Crippen molar-refractivity contribution in [1.29, 1.82) is 0 Å². The number of pyridine rings is 1. The average Bonchev–Trinajstić information content (AvgIpc) is 3.14. The summed E-state index contributed by atoms with van der Waals surface area (Å²) in [5.41, 5.74) is 2.71. The van der Waals surface area contributed by atoms with E-state index in [9.17, 15) is 9.59 Å². The first-order valence-electron chi connectivity index (χ1n) is 10.4. The van der Waals surface area contributed by atoms with Crippen LogP contribution < -0.4 is 5.32 Å². The van der Waals surface area contributed by atoms with Crippen LogP contribution in [0.15, 0.2) is 70.3 Å². The van der Waals surface area contributed by atoms with Crippen LogP contribution in [0, 0.1) is 13.8 Å². The second kappa shape index (κ2) is 9.87. The van der Waals surface area contributed by atoms with Gasteiger partial charge in [0.2, 0.25) is 0 Å². The summed E-state index contributed by atoms with van der Waals surface area (Å²) in [5, 5.41) is 9.36. The number of ether oxygens (including phenoxy) is 1. The highest BCUT2D eigenvalue weighted by Gasteiger charge is 2.22. The van der Waals surface area contributed by atoms with E-state index in [0.29, 0.717) is 22.0 Å². The second-order valence-electron chi connectivity index (χ2n) is 7.55. The molecule has 2 heterocycles. The van der Waals surface area contributed by atoms with E-state index < -0.39 is 18.0 Å². The summed E-state index contributed by atoms with van der Waals surface area (Å²) < 4.78 is 10.6. The highest BCUT2D eigenvalue weighted by atomic mass is 32.2. The number of aryl methyl sites for hydroxylation is 2. The average molecular weight is 462 g/mol. The molecule has 0 radical (unpaired) electrons. The van der Waals surface area contributed by atoms with Gasteiger partial charge in [-0.25, -0.2) is 9.78 Å². The summed E-state index contributed by atoms with van der Waals surface area (Å²) in [6.07, 6.45) is 0.632. The lowest BCUT2D eigenvalue weighted by molar-refractivity contribution is -0.123. The van der Waals surface area contributed by atoms with Crippen LogP contribution in [0.2, 0.25) is 0 Å². The third-order valence-corrected chi connectivity index (χ3v) is 6.23. The number of amides is 1. The lowest BCUT2D eigenvalue weighted by atomic mass is 10.1. The molecule has 0 fully saturated rings. The van der Waals surface area contributed by atoms with Crippen molar-refractivity contribution in [3.8, 4) is 0 Å². The lowest BCUT2D eigenvalue weighted by Crippen LogP contribution is -2.30. The molecule has 1 unspecified atom stereocenters. The summed E-state index contributed by atoms with van der Waals surface area (Å²) >= 11 is 1.39. The van der Waals surface area contributed by atoms with Gasteiger partial charge in [-0.3, -0.25) is 4.79 Å². The highest BCUT2D eigenvalue weighted by Crippen LogP contribution is 2.28. The fourth-order valence-electron chi connectivity index (χ4n) is 3.30. The van der Waals surface area contributed by atoms with Crippen LogP contribution in [0.3, 0.4) is 0 Å². The molecule has 8 heteroatoms. The molecule has 1 N–H and O–H groups in total. The predicted octanol–water partition coefficient (Wildman–Crippen LogP) is 5.32. The molecular weight excluding hydrogens is 438 g/mol. The smallest absolute Gasteiger partial charge is 0.341 e. The normalized spacial score (nSPS) is 11.8. The molecule has 33 heavy (non-hydrogen) atoms. The molecule has 7 nitrogen and oxygen atoms in total. The first-order chi connectivity index (χ1) is 15.9. The molecule has 1 atom stereocenters. The minimum absolute atomic E-state index is 0.305. The molecule has 168 valence electrons. The Morgan fingerprint density at radius 3 is 2.64 bits per heavy atom. The topological polar surface area (TPSA) is 94.3 Å². The Bertz CT molecular complexity index is 1300. The van der Waals surface area contributed by atoms with Gasteiger partial charge in [0.1, 0.15) is 10.8 Å². The molecule has 0 aliphatic rings. The number of nitrogens with one attached hydrogen (secondary N) is 1. The molecule has 0 bridgehead atoms. The second-order valence-corrected chi connectivity index (χ2v) is 8.51. The quantitative estimate of drug-likeness (QED) is 0.294. The first-order valence-corrected chi connectivity index (χ1v) is 11.4. The molecule has 0 saturated carbocycles. The van der Waals surface area contributed by atoms with Crippen molar-refractivity contribution in [3.63, 3.8) is 0 Å². The van der Waals surface area contributed by atoms with Crippen molar-refractivity contribution in [2.45, 2.75) is 37.7 Å². The number of hydrogen-bond donors (Lipinski definition) is 1. The van der Waals surface area contributed by atoms with Crippen molar-refractivity contribution in [3.05, 3.63) is 83.4 Å². The number of anilines is 1. The minimum atomic E-state index is -0.982. The molecule has 4 aromatic rings. The van der Waals surface area contributed by atoms with Crippen molar-refractivity contribution < 1.29 is 18.8 Å². The lowest BCUT2D eigenvalue weighted by Gasteiger charge is -2.15. The number of nitrogens with zero attached hydrogens (tertiary/aromatic N) is 2. The Labute approximate surface area is 195 Å². The first kappa shape index (κ1) is 22.5. The number of esters is 1. The number of carbonyl (C=O) groups is 2. The zero-order valence-electron chi connectivity index (χ0n) is 18.5. The van der Waals surface area contributed by atoms with Crippen LogP contribution in [-0.4, -0.2) is 28.1 Å². The van der Waals surface area contributed by atoms with Crippen molar-refractivity contribution in [2.75, 3.05) is 5.32 Å². The minimum Gasteiger partial charge on any atom is -0.449 e. The highest BCUT2D eigenvalue weighted by molar-refractivity contribution is 7.98. The summed E-state index contributed by atoms with van der Waals surface area (Å²) in [7, 11) is 0. The molecule has 2 aromatic heterocycles. The Balaban J connectivity index is 1.41. The zero-order chi connectivity index (χ0) is 23.4. The van der Waals surface area contributed by atoms with Crippen LogP contribution >= 0.6 is 11.8 Å². The Morgan fingerprint density at radius 2 is 1.88 bits per heavy atom. The summed E-state index contributed by atoms with van der Waals surface area (Å²) in [4.78, 5) is 29.8. The van der Waals surface area contributed by atoms with Crippen LogP contribution in [-0.2, 0) is 15.3 Å². The van der Waals surface area contributed by atoms with Crippen molar-refractivity contribution in [2.24, 2.45) is 0 Å². The van der Waals surface area contributed by atoms with Crippen LogP contribution in [0.5, 0.6) is 0 Å². The van der Waals surface area contributed by atoms with E-state index in [1.54, 1.807) is 25.3 Å². The van der Waals surface area contributed by atoms with Gasteiger partial charge in [-0.15, -0.1) is 11.8 Å². The zero-order valence-corrected chi connectivity index (χ0v) is 19.3. The van der Waals surface area contributed by atoms with Gasteiger partial charge >= 0.3 is 5.97 Å². The summed E-state index contributed by atoms with van der Waals surface area (Å²) in [6.45, 7) is 5.26. The van der Waals surface area contributed by atoms with E-state index in [2.05, 4.69) is 15.5 Å². The number of rotatable bonds is 7. The third kappa shape index (κ3) is 5.23.